The average molecular weight is 493 g/mol. The fraction of sp³-hybridized carbons (Fsp3) is 0.273. The van der Waals surface area contributed by atoms with Crippen LogP contribution in [-0.2, 0) is 21.3 Å². The van der Waals surface area contributed by atoms with E-state index < -0.39 is 21.7 Å². The highest BCUT2D eigenvalue weighted by Gasteiger charge is 2.23. The molecule has 1 fully saturated rings. The van der Waals surface area contributed by atoms with Gasteiger partial charge in [0.05, 0.1) is 23.1 Å². The quantitative estimate of drug-likeness (QED) is 0.503. The number of rotatable bonds is 8. The zero-order valence-electron chi connectivity index (χ0n) is 17.5. The summed E-state index contributed by atoms with van der Waals surface area (Å²) in [5.74, 6) is -0.974. The third-order valence-electron chi connectivity index (χ3n) is 5.26. The van der Waals surface area contributed by atoms with E-state index in [-0.39, 0.29) is 34.7 Å². The van der Waals surface area contributed by atoms with Gasteiger partial charge in [-0.25, -0.2) is 22.5 Å². The van der Waals surface area contributed by atoms with Crippen LogP contribution in [0.3, 0.4) is 0 Å². The SMILES string of the molecule is O=C(NCc1ccc(-n2ccnc2)c(F)c1)c1ccc(Cl)c(S(=O)(=O)NCC2CCCO2)c1. The highest BCUT2D eigenvalue weighted by atomic mass is 35.5. The molecule has 1 amide bonds. The van der Waals surface area contributed by atoms with Crippen LogP contribution in [0.25, 0.3) is 5.69 Å². The van der Waals surface area contributed by atoms with Crippen molar-refractivity contribution in [1.82, 2.24) is 19.6 Å². The molecular weight excluding hydrogens is 471 g/mol. The molecule has 1 atom stereocenters. The Balaban J connectivity index is 1.42. The number of carbonyl (C=O) groups is 1. The normalized spacial score (nSPS) is 16.1. The van der Waals surface area contributed by atoms with Gasteiger partial charge in [-0.1, -0.05) is 17.7 Å². The van der Waals surface area contributed by atoms with E-state index in [9.17, 15) is 17.6 Å². The molecule has 33 heavy (non-hydrogen) atoms. The van der Waals surface area contributed by atoms with Gasteiger partial charge in [-0.2, -0.15) is 0 Å². The van der Waals surface area contributed by atoms with Crippen LogP contribution in [0.4, 0.5) is 4.39 Å². The van der Waals surface area contributed by atoms with Gasteiger partial charge in [0.15, 0.2) is 0 Å². The van der Waals surface area contributed by atoms with Crippen molar-refractivity contribution in [2.45, 2.75) is 30.4 Å². The molecular formula is C22H22ClFN4O4S. The van der Waals surface area contributed by atoms with Gasteiger partial charge in [0, 0.05) is 37.7 Å². The minimum absolute atomic E-state index is 0.00329. The maximum atomic E-state index is 14.4. The molecule has 0 radical (unpaired) electrons. The zero-order valence-corrected chi connectivity index (χ0v) is 19.1. The number of hydrogen-bond acceptors (Lipinski definition) is 5. The first-order valence-electron chi connectivity index (χ1n) is 10.3. The van der Waals surface area contributed by atoms with Crippen LogP contribution in [0.15, 0.2) is 60.0 Å². The summed E-state index contributed by atoms with van der Waals surface area (Å²) >= 11 is 6.10. The molecule has 2 heterocycles. The lowest BCUT2D eigenvalue weighted by atomic mass is 10.1. The first-order valence-corrected chi connectivity index (χ1v) is 12.2. The molecule has 1 saturated heterocycles. The predicted octanol–water partition coefficient (Wildman–Crippen LogP) is 3.05. The molecule has 11 heteroatoms. The lowest BCUT2D eigenvalue weighted by Gasteiger charge is -2.13. The number of amides is 1. The topological polar surface area (TPSA) is 102 Å². The molecule has 1 aliphatic rings. The maximum absolute atomic E-state index is 14.4. The number of aromatic nitrogens is 2. The van der Waals surface area contributed by atoms with E-state index in [0.717, 1.165) is 12.8 Å². The van der Waals surface area contributed by atoms with Crippen LogP contribution in [0, 0.1) is 5.82 Å². The Kier molecular flexibility index (Phi) is 7.08. The fourth-order valence-corrected chi connectivity index (χ4v) is 5.08. The Morgan fingerprint density at radius 3 is 2.82 bits per heavy atom. The van der Waals surface area contributed by atoms with Crippen molar-refractivity contribution in [3.05, 3.63) is 77.1 Å². The van der Waals surface area contributed by atoms with Gasteiger partial charge in [0.1, 0.15) is 10.7 Å². The van der Waals surface area contributed by atoms with E-state index in [2.05, 4.69) is 15.0 Å². The average Bonchev–Trinajstić information content (AvgIpc) is 3.51. The summed E-state index contributed by atoms with van der Waals surface area (Å²) in [6.45, 7) is 0.802. The van der Waals surface area contributed by atoms with E-state index in [1.807, 2.05) is 0 Å². The Bertz CT molecular complexity index is 1250. The number of halogens is 2. The Hall–Kier alpha value is -2.79. The summed E-state index contributed by atoms with van der Waals surface area (Å²) in [6, 6.07) is 8.60. The van der Waals surface area contributed by atoms with Gasteiger partial charge >= 0.3 is 0 Å². The zero-order chi connectivity index (χ0) is 23.4. The highest BCUT2D eigenvalue weighted by Crippen LogP contribution is 2.23. The van der Waals surface area contributed by atoms with Crippen LogP contribution in [0.5, 0.6) is 0 Å². The number of sulfonamides is 1. The van der Waals surface area contributed by atoms with Crippen molar-refractivity contribution in [2.24, 2.45) is 0 Å². The van der Waals surface area contributed by atoms with E-state index in [1.54, 1.807) is 29.1 Å². The van der Waals surface area contributed by atoms with Crippen LogP contribution in [0.1, 0.15) is 28.8 Å². The van der Waals surface area contributed by atoms with Crippen molar-refractivity contribution in [2.75, 3.05) is 13.2 Å². The van der Waals surface area contributed by atoms with Gasteiger partial charge in [-0.15, -0.1) is 0 Å². The standard InChI is InChI=1S/C22H22ClFN4O4S/c23-18-5-4-16(11-21(18)33(30,31)27-13-17-2-1-9-32-17)22(29)26-12-15-3-6-20(19(24)10-15)28-8-7-25-14-28/h3-8,10-11,14,17,27H,1-2,9,12-13H2,(H,26,29). The number of ether oxygens (including phenoxy) is 1. The predicted molar refractivity (Wildman–Crippen MR) is 120 cm³/mol. The Morgan fingerprint density at radius 1 is 1.27 bits per heavy atom. The molecule has 0 spiro atoms. The van der Waals surface area contributed by atoms with Gasteiger partial charge in [-0.3, -0.25) is 4.79 Å². The van der Waals surface area contributed by atoms with E-state index in [1.165, 1.54) is 30.6 Å². The van der Waals surface area contributed by atoms with Gasteiger partial charge < -0.3 is 14.6 Å². The minimum Gasteiger partial charge on any atom is -0.377 e. The van der Waals surface area contributed by atoms with Crippen molar-refractivity contribution in [3.63, 3.8) is 0 Å². The number of imidazole rings is 1. The summed E-state index contributed by atoms with van der Waals surface area (Å²) in [4.78, 5) is 16.3. The third kappa shape index (κ3) is 5.59. The molecule has 0 aliphatic carbocycles. The molecule has 3 aromatic rings. The molecule has 1 aliphatic heterocycles. The summed E-state index contributed by atoms with van der Waals surface area (Å²) in [5.41, 5.74) is 1.00. The number of nitrogens with zero attached hydrogens (tertiary/aromatic N) is 2. The van der Waals surface area contributed by atoms with Crippen molar-refractivity contribution >= 4 is 27.5 Å². The molecule has 4 rings (SSSR count). The first-order chi connectivity index (χ1) is 15.8. The van der Waals surface area contributed by atoms with Gasteiger partial charge in [0.25, 0.3) is 5.91 Å². The second kappa shape index (κ2) is 10.0. The second-order valence-corrected chi connectivity index (χ2v) is 9.71. The molecule has 2 aromatic carbocycles. The summed E-state index contributed by atoms with van der Waals surface area (Å²) in [5, 5.41) is 2.67. The van der Waals surface area contributed by atoms with Crippen molar-refractivity contribution in [3.8, 4) is 5.69 Å². The third-order valence-corrected chi connectivity index (χ3v) is 7.16. The van der Waals surface area contributed by atoms with E-state index in [0.29, 0.717) is 17.9 Å². The Labute approximate surface area is 195 Å². The van der Waals surface area contributed by atoms with Crippen LogP contribution < -0.4 is 10.0 Å². The van der Waals surface area contributed by atoms with Crippen LogP contribution in [-0.4, -0.2) is 43.1 Å². The summed E-state index contributed by atoms with van der Waals surface area (Å²) in [7, 11) is -3.93. The molecule has 1 unspecified atom stereocenters. The van der Waals surface area contributed by atoms with Gasteiger partial charge in [-0.05, 0) is 48.7 Å². The summed E-state index contributed by atoms with van der Waals surface area (Å²) < 4.78 is 49.3. The molecule has 174 valence electrons. The Morgan fingerprint density at radius 2 is 2.12 bits per heavy atom. The number of carbonyl (C=O) groups excluding carboxylic acids is 1. The number of hydrogen-bond donors (Lipinski definition) is 2. The maximum Gasteiger partial charge on any atom is 0.251 e. The van der Waals surface area contributed by atoms with Crippen LogP contribution >= 0.6 is 11.6 Å². The molecule has 8 nitrogen and oxygen atoms in total. The molecule has 1 aromatic heterocycles. The second-order valence-electron chi connectivity index (χ2n) is 7.57. The monoisotopic (exact) mass is 492 g/mol. The van der Waals surface area contributed by atoms with Crippen LogP contribution in [0.2, 0.25) is 5.02 Å². The van der Waals surface area contributed by atoms with Crippen molar-refractivity contribution < 1.29 is 22.3 Å². The largest absolute Gasteiger partial charge is 0.377 e. The van der Waals surface area contributed by atoms with E-state index >= 15 is 0 Å². The van der Waals surface area contributed by atoms with E-state index in [4.69, 9.17) is 16.3 Å². The minimum atomic E-state index is -3.93. The molecule has 2 N–H and O–H groups in total. The fourth-order valence-electron chi connectivity index (χ4n) is 3.49. The first kappa shape index (κ1) is 23.4. The molecule has 0 bridgehead atoms. The smallest absolute Gasteiger partial charge is 0.251 e. The molecule has 0 saturated carbocycles. The van der Waals surface area contributed by atoms with Gasteiger partial charge in [0.2, 0.25) is 10.0 Å². The lowest BCUT2D eigenvalue weighted by molar-refractivity contribution is 0.0950. The lowest BCUT2D eigenvalue weighted by Crippen LogP contribution is -2.32. The van der Waals surface area contributed by atoms with Crippen molar-refractivity contribution in [1.29, 1.82) is 0 Å². The number of nitrogens with one attached hydrogen (secondary N) is 2. The summed E-state index contributed by atoms with van der Waals surface area (Å²) in [6.07, 6.45) is 6.16. The number of benzene rings is 2. The highest BCUT2D eigenvalue weighted by molar-refractivity contribution is 7.89.